The zero-order valence-electron chi connectivity index (χ0n) is 20.8. The lowest BCUT2D eigenvalue weighted by atomic mass is 10.2. The summed E-state index contributed by atoms with van der Waals surface area (Å²) >= 11 is 0. The molecule has 0 aromatic rings. The van der Waals surface area contributed by atoms with Crippen LogP contribution >= 0.6 is 0 Å². The number of hydrogen-bond donors (Lipinski definition) is 0. The van der Waals surface area contributed by atoms with Crippen LogP contribution in [0.4, 0.5) is 0 Å². The van der Waals surface area contributed by atoms with Gasteiger partial charge in [-0.2, -0.15) is 0 Å². The van der Waals surface area contributed by atoms with Crippen LogP contribution < -0.4 is 0 Å². The van der Waals surface area contributed by atoms with Crippen molar-refractivity contribution < 1.29 is 0 Å². The molecule has 0 aromatic heterocycles. The van der Waals surface area contributed by atoms with E-state index in [1.54, 1.807) is 0 Å². The normalized spacial score (nSPS) is 17.2. The predicted octanol–water partition coefficient (Wildman–Crippen LogP) is 1.69. The fourth-order valence-electron chi connectivity index (χ4n) is 4.15. The molecule has 0 N–H and O–H groups in total. The Labute approximate surface area is 188 Å². The molecule has 0 atom stereocenters. The first-order valence-electron chi connectivity index (χ1n) is 12.7. The Kier molecular flexibility index (Phi) is 13.5. The van der Waals surface area contributed by atoms with Crippen LogP contribution in [0.5, 0.6) is 0 Å². The number of nitrogens with zero attached hydrogens (tertiary/aromatic N) is 6. The van der Waals surface area contributed by atoms with Gasteiger partial charge in [0, 0.05) is 26.2 Å². The van der Waals surface area contributed by atoms with E-state index in [0.29, 0.717) is 0 Å². The summed E-state index contributed by atoms with van der Waals surface area (Å²) < 4.78 is 0. The Morgan fingerprint density at radius 1 is 0.400 bits per heavy atom. The lowest BCUT2D eigenvalue weighted by Crippen LogP contribution is -2.29. The maximum absolute atomic E-state index is 2.52. The van der Waals surface area contributed by atoms with Crippen LogP contribution in [0.1, 0.15) is 38.5 Å². The summed E-state index contributed by atoms with van der Waals surface area (Å²) in [4.78, 5) is 15.1. The van der Waals surface area contributed by atoms with Gasteiger partial charge in [-0.25, -0.2) is 0 Å². The van der Waals surface area contributed by atoms with Crippen LogP contribution in [-0.2, 0) is 0 Å². The van der Waals surface area contributed by atoms with Crippen molar-refractivity contribution in [3.63, 3.8) is 0 Å². The molecule has 2 aliphatic heterocycles. The second-order valence-electron chi connectivity index (χ2n) is 10.0. The summed E-state index contributed by atoms with van der Waals surface area (Å²) in [6.45, 7) is 17.9. The Morgan fingerprint density at radius 2 is 0.667 bits per heavy atom. The quantitative estimate of drug-likeness (QED) is 0.205. The molecule has 2 fully saturated rings. The molecule has 2 aliphatic rings. The van der Waals surface area contributed by atoms with Gasteiger partial charge in [-0.15, -0.1) is 0 Å². The van der Waals surface area contributed by atoms with Gasteiger partial charge < -0.3 is 29.4 Å². The van der Waals surface area contributed by atoms with Gasteiger partial charge in [0.1, 0.15) is 0 Å². The number of rotatable bonds is 21. The van der Waals surface area contributed by atoms with E-state index in [0.717, 1.165) is 0 Å². The Morgan fingerprint density at radius 3 is 0.967 bits per heavy atom. The molecule has 178 valence electrons. The minimum Gasteiger partial charge on any atom is -0.306 e. The molecule has 0 saturated carbocycles. The molecule has 0 aliphatic carbocycles. The molecule has 0 radical (unpaired) electrons. The van der Waals surface area contributed by atoms with Crippen molar-refractivity contribution in [2.75, 3.05) is 120 Å². The third-order valence-electron chi connectivity index (χ3n) is 6.60. The second kappa shape index (κ2) is 15.5. The topological polar surface area (TPSA) is 19.0 Å². The van der Waals surface area contributed by atoms with Crippen LogP contribution in [0.25, 0.3) is 0 Å². The SMILES string of the molecule is CN(CCCCN(C)CCCN(C)CCCN1CC1)CCCN(C)CCCN1CC1. The largest absolute Gasteiger partial charge is 0.306 e. The summed E-state index contributed by atoms with van der Waals surface area (Å²) in [5.41, 5.74) is 0. The highest BCUT2D eigenvalue weighted by Crippen LogP contribution is 2.05. The molecule has 6 heteroatoms. The van der Waals surface area contributed by atoms with Gasteiger partial charge in [0.25, 0.3) is 0 Å². The monoisotopic (exact) mass is 424 g/mol. The van der Waals surface area contributed by atoms with Crippen LogP contribution in [0.2, 0.25) is 0 Å². The molecular weight excluding hydrogens is 372 g/mol. The zero-order chi connectivity index (χ0) is 21.6. The third-order valence-corrected chi connectivity index (χ3v) is 6.60. The minimum absolute atomic E-state index is 1.23. The summed E-state index contributed by atoms with van der Waals surface area (Å²) in [6, 6.07) is 0. The van der Waals surface area contributed by atoms with Crippen LogP contribution in [-0.4, -0.2) is 149 Å². The molecule has 0 unspecified atom stereocenters. The fourth-order valence-corrected chi connectivity index (χ4v) is 4.15. The first-order valence-corrected chi connectivity index (χ1v) is 12.7. The van der Waals surface area contributed by atoms with Crippen molar-refractivity contribution >= 4 is 0 Å². The summed E-state index contributed by atoms with van der Waals surface area (Å²) in [6.07, 6.45) is 7.89. The summed E-state index contributed by atoms with van der Waals surface area (Å²) in [5, 5.41) is 0. The van der Waals surface area contributed by atoms with Crippen molar-refractivity contribution in [1.82, 2.24) is 29.4 Å². The van der Waals surface area contributed by atoms with Gasteiger partial charge in [-0.3, -0.25) is 0 Å². The second-order valence-corrected chi connectivity index (χ2v) is 10.0. The molecule has 2 heterocycles. The fraction of sp³-hybridized carbons (Fsp3) is 1.00. The van der Waals surface area contributed by atoms with Crippen molar-refractivity contribution in [3.05, 3.63) is 0 Å². The van der Waals surface area contributed by atoms with E-state index in [-0.39, 0.29) is 0 Å². The lowest BCUT2D eigenvalue weighted by molar-refractivity contribution is 0.254. The number of hydrogen-bond acceptors (Lipinski definition) is 6. The molecule has 30 heavy (non-hydrogen) atoms. The number of unbranched alkanes of at least 4 members (excludes halogenated alkanes) is 1. The van der Waals surface area contributed by atoms with Gasteiger partial charge in [-0.05, 0) is 132 Å². The highest BCUT2D eigenvalue weighted by atomic mass is 15.3. The van der Waals surface area contributed by atoms with E-state index >= 15 is 0 Å². The van der Waals surface area contributed by atoms with Gasteiger partial charge >= 0.3 is 0 Å². The van der Waals surface area contributed by atoms with Crippen molar-refractivity contribution in [1.29, 1.82) is 0 Å². The average Bonchev–Trinajstić information content (AvgIpc) is 3.61. The van der Waals surface area contributed by atoms with E-state index < -0.39 is 0 Å². The van der Waals surface area contributed by atoms with Gasteiger partial charge in [0.05, 0.1) is 0 Å². The molecule has 2 saturated heterocycles. The average molecular weight is 425 g/mol. The Hall–Kier alpha value is -0.240. The zero-order valence-corrected chi connectivity index (χ0v) is 20.8. The van der Waals surface area contributed by atoms with Gasteiger partial charge in [-0.1, -0.05) is 0 Å². The Bertz CT molecular complexity index is 375. The summed E-state index contributed by atoms with van der Waals surface area (Å²) in [5.74, 6) is 0. The maximum atomic E-state index is 2.52. The third kappa shape index (κ3) is 14.7. The van der Waals surface area contributed by atoms with E-state index in [1.807, 2.05) is 0 Å². The standard InChI is InChI=1S/C24H52N6/c1-25(13-7-15-27(3)17-9-19-29-21-22-29)11-5-6-12-26(2)14-8-16-28(4)18-10-20-30-23-24-30/h5-24H2,1-4H3. The van der Waals surface area contributed by atoms with E-state index in [2.05, 4.69) is 57.6 Å². The molecule has 0 amide bonds. The maximum Gasteiger partial charge on any atom is 0.0110 e. The molecule has 6 nitrogen and oxygen atoms in total. The van der Waals surface area contributed by atoms with Crippen LogP contribution in [0.15, 0.2) is 0 Å². The van der Waals surface area contributed by atoms with E-state index in [9.17, 15) is 0 Å². The lowest BCUT2D eigenvalue weighted by Gasteiger charge is -2.22. The molecular formula is C24H52N6. The first kappa shape index (κ1) is 26.0. The molecule has 2 rings (SSSR count). The minimum atomic E-state index is 1.23. The molecule has 0 spiro atoms. The van der Waals surface area contributed by atoms with Crippen LogP contribution in [0, 0.1) is 0 Å². The van der Waals surface area contributed by atoms with Crippen LogP contribution in [0.3, 0.4) is 0 Å². The van der Waals surface area contributed by atoms with Crippen molar-refractivity contribution in [2.45, 2.75) is 38.5 Å². The van der Waals surface area contributed by atoms with Gasteiger partial charge in [0.2, 0.25) is 0 Å². The smallest absolute Gasteiger partial charge is 0.0110 e. The highest BCUT2D eigenvalue weighted by Gasteiger charge is 2.16. The highest BCUT2D eigenvalue weighted by molar-refractivity contribution is 4.73. The van der Waals surface area contributed by atoms with Crippen molar-refractivity contribution in [2.24, 2.45) is 0 Å². The van der Waals surface area contributed by atoms with Gasteiger partial charge in [0.15, 0.2) is 0 Å². The van der Waals surface area contributed by atoms with E-state index in [4.69, 9.17) is 0 Å². The predicted molar refractivity (Wildman–Crippen MR) is 131 cm³/mol. The Balaban J connectivity index is 1.32. The first-order chi connectivity index (χ1) is 14.5. The molecule has 0 bridgehead atoms. The van der Waals surface area contributed by atoms with E-state index in [1.165, 1.54) is 130 Å². The summed E-state index contributed by atoms with van der Waals surface area (Å²) in [7, 11) is 9.14. The van der Waals surface area contributed by atoms with Crippen molar-refractivity contribution in [3.8, 4) is 0 Å². The molecule has 0 aromatic carbocycles.